The Morgan fingerprint density at radius 2 is 1.76 bits per heavy atom. The van der Waals surface area contributed by atoms with E-state index >= 15 is 0 Å². The van der Waals surface area contributed by atoms with Crippen molar-refractivity contribution in [3.63, 3.8) is 0 Å². The van der Waals surface area contributed by atoms with E-state index in [4.69, 9.17) is 23.7 Å². The predicted molar refractivity (Wildman–Crippen MR) is 116 cm³/mol. The second kappa shape index (κ2) is 10.2. The number of non-ortho nitro benzene ring substituents is 1. The molecular formula is C23H24N2O9. The third-order valence-corrected chi connectivity index (χ3v) is 5.38. The molecule has 2 aliphatic rings. The van der Waals surface area contributed by atoms with Crippen LogP contribution in [0, 0.1) is 10.1 Å². The van der Waals surface area contributed by atoms with E-state index in [0.29, 0.717) is 0 Å². The van der Waals surface area contributed by atoms with Gasteiger partial charge < -0.3 is 29.0 Å². The van der Waals surface area contributed by atoms with Gasteiger partial charge in [0.15, 0.2) is 12.4 Å². The third kappa shape index (κ3) is 5.33. The lowest BCUT2D eigenvalue weighted by Gasteiger charge is -2.48. The number of nitrogens with zero attached hydrogens (tertiary/aromatic N) is 1. The van der Waals surface area contributed by atoms with Crippen molar-refractivity contribution in [1.82, 2.24) is 5.32 Å². The van der Waals surface area contributed by atoms with Crippen molar-refractivity contribution in [2.24, 2.45) is 0 Å². The molecule has 2 fully saturated rings. The lowest BCUT2D eigenvalue weighted by Crippen LogP contribution is -2.68. The highest BCUT2D eigenvalue weighted by Crippen LogP contribution is 2.36. The summed E-state index contributed by atoms with van der Waals surface area (Å²) in [4.78, 5) is 34.4. The molecule has 34 heavy (non-hydrogen) atoms. The smallest absolute Gasteiger partial charge is 0.303 e. The van der Waals surface area contributed by atoms with Crippen LogP contribution in [0.4, 0.5) is 5.69 Å². The number of nitrogens with one attached hydrogen (secondary N) is 1. The summed E-state index contributed by atoms with van der Waals surface area (Å²) in [7, 11) is 0. The molecular weight excluding hydrogens is 448 g/mol. The maximum Gasteiger partial charge on any atom is 0.303 e. The van der Waals surface area contributed by atoms with Crippen molar-refractivity contribution < 1.29 is 38.2 Å². The molecule has 2 aromatic rings. The monoisotopic (exact) mass is 472 g/mol. The van der Waals surface area contributed by atoms with Crippen molar-refractivity contribution in [3.05, 3.63) is 70.3 Å². The van der Waals surface area contributed by atoms with E-state index in [1.165, 1.54) is 38.1 Å². The highest BCUT2D eigenvalue weighted by molar-refractivity contribution is 5.73. The van der Waals surface area contributed by atoms with Crippen LogP contribution in [0.15, 0.2) is 54.6 Å². The Morgan fingerprint density at radius 1 is 1.06 bits per heavy atom. The highest BCUT2D eigenvalue weighted by atomic mass is 16.8. The topological polar surface area (TPSA) is 135 Å². The van der Waals surface area contributed by atoms with Crippen molar-refractivity contribution in [2.45, 2.75) is 50.8 Å². The molecule has 2 aromatic carbocycles. The Morgan fingerprint density at radius 3 is 2.38 bits per heavy atom. The molecule has 0 unspecified atom stereocenters. The van der Waals surface area contributed by atoms with E-state index in [-0.39, 0.29) is 18.0 Å². The minimum Gasteiger partial charge on any atom is -0.463 e. The number of hydrogen-bond acceptors (Lipinski definition) is 9. The minimum atomic E-state index is -1.09. The third-order valence-electron chi connectivity index (χ3n) is 5.38. The molecule has 0 radical (unpaired) electrons. The van der Waals surface area contributed by atoms with Crippen LogP contribution in [0.25, 0.3) is 0 Å². The molecule has 2 heterocycles. The molecule has 0 spiro atoms. The van der Waals surface area contributed by atoms with E-state index in [0.717, 1.165) is 5.56 Å². The Labute approximate surface area is 195 Å². The van der Waals surface area contributed by atoms with Gasteiger partial charge in [0.2, 0.25) is 12.2 Å². The largest absolute Gasteiger partial charge is 0.463 e. The maximum absolute atomic E-state index is 12.0. The fourth-order valence-electron chi connectivity index (χ4n) is 3.95. The molecule has 11 heteroatoms. The summed E-state index contributed by atoms with van der Waals surface area (Å²) in [6, 6.07) is 13.7. The van der Waals surface area contributed by atoms with Crippen LogP contribution in [0.3, 0.4) is 0 Å². The van der Waals surface area contributed by atoms with Gasteiger partial charge in [-0.25, -0.2) is 0 Å². The van der Waals surface area contributed by atoms with Crippen LogP contribution in [0.2, 0.25) is 0 Å². The van der Waals surface area contributed by atoms with Gasteiger partial charge in [0, 0.05) is 31.5 Å². The first kappa shape index (κ1) is 23.6. The van der Waals surface area contributed by atoms with Gasteiger partial charge in [-0.15, -0.1) is 0 Å². The lowest BCUT2D eigenvalue weighted by molar-refractivity contribution is -0.384. The van der Waals surface area contributed by atoms with Gasteiger partial charge in [0.1, 0.15) is 24.0 Å². The Hall–Kier alpha value is -3.54. The number of fused-ring (bicyclic) bond motifs is 1. The van der Waals surface area contributed by atoms with Gasteiger partial charge in [-0.3, -0.25) is 19.7 Å². The summed E-state index contributed by atoms with van der Waals surface area (Å²) in [5.74, 6) is -0.694. The summed E-state index contributed by atoms with van der Waals surface area (Å²) in [6.45, 7) is 2.70. The van der Waals surface area contributed by atoms with Crippen molar-refractivity contribution in [1.29, 1.82) is 0 Å². The van der Waals surface area contributed by atoms with Gasteiger partial charge in [-0.05, 0) is 12.1 Å². The fraction of sp³-hybridized carbons (Fsp3) is 0.391. The average molecular weight is 472 g/mol. The van der Waals surface area contributed by atoms with Crippen LogP contribution >= 0.6 is 0 Å². The number of ether oxygens (including phenoxy) is 5. The number of nitro groups is 1. The number of hydrogen-bond donors (Lipinski definition) is 1. The second-order valence-corrected chi connectivity index (χ2v) is 7.89. The molecule has 0 bridgehead atoms. The van der Waals surface area contributed by atoms with Gasteiger partial charge in [-0.2, -0.15) is 0 Å². The van der Waals surface area contributed by atoms with E-state index in [9.17, 15) is 19.7 Å². The number of nitro benzene ring substituents is 1. The number of carbonyl (C=O) groups is 2. The molecule has 0 aliphatic carbocycles. The summed E-state index contributed by atoms with van der Waals surface area (Å²) < 4.78 is 29.6. The van der Waals surface area contributed by atoms with Crippen LogP contribution in [0.1, 0.15) is 25.7 Å². The fourth-order valence-corrected chi connectivity index (χ4v) is 3.95. The van der Waals surface area contributed by atoms with Gasteiger partial charge >= 0.3 is 5.97 Å². The molecule has 2 aliphatic heterocycles. The molecule has 2 saturated heterocycles. The van der Waals surface area contributed by atoms with Crippen LogP contribution in [-0.4, -0.2) is 54.1 Å². The molecule has 1 amide bonds. The molecule has 6 atom stereocenters. The van der Waals surface area contributed by atoms with Crippen molar-refractivity contribution >= 4 is 17.6 Å². The van der Waals surface area contributed by atoms with Crippen molar-refractivity contribution in [2.75, 3.05) is 6.61 Å². The van der Waals surface area contributed by atoms with E-state index < -0.39 is 53.7 Å². The first-order chi connectivity index (χ1) is 16.3. The van der Waals surface area contributed by atoms with Gasteiger partial charge in [0.05, 0.1) is 11.5 Å². The zero-order chi connectivity index (χ0) is 24.2. The zero-order valence-corrected chi connectivity index (χ0v) is 18.5. The standard InChI is InChI=1S/C23H24N2O9/c1-13(26)24-19-21(31-14(2)27)20-18(12-30-22(34-20)15-6-4-3-5-7-15)33-23(19)32-17-10-8-16(9-11-17)25(28)29/h3-11,18-23H,12H2,1-2H3,(H,24,26)/t18-,19-,20-,21-,22+,23+/m1/s1. The Bertz CT molecular complexity index is 1030. The summed E-state index contributed by atoms with van der Waals surface area (Å²) in [5.41, 5.74) is 0.678. The van der Waals surface area contributed by atoms with Gasteiger partial charge in [0.25, 0.3) is 5.69 Å². The molecule has 4 rings (SSSR count). The Balaban J connectivity index is 1.60. The highest BCUT2D eigenvalue weighted by Gasteiger charge is 2.53. The second-order valence-electron chi connectivity index (χ2n) is 7.89. The summed E-state index contributed by atoms with van der Waals surface area (Å²) >= 11 is 0. The number of esters is 1. The zero-order valence-electron chi connectivity index (χ0n) is 18.5. The molecule has 1 N–H and O–H groups in total. The summed E-state index contributed by atoms with van der Waals surface area (Å²) in [6.07, 6.45) is -4.17. The number of rotatable bonds is 6. The Kier molecular flexibility index (Phi) is 7.06. The average Bonchev–Trinajstić information content (AvgIpc) is 2.81. The first-order valence-electron chi connectivity index (χ1n) is 10.6. The predicted octanol–water partition coefficient (Wildman–Crippen LogP) is 2.25. The van der Waals surface area contributed by atoms with Gasteiger partial charge in [-0.1, -0.05) is 30.3 Å². The SMILES string of the molecule is CC(=O)N[C@H]1[C@@H](Oc2ccc([N+](=O)[O-])cc2)O[C@@H]2CO[C@H](c3ccccc3)O[C@H]2[C@@H]1OC(C)=O. The summed E-state index contributed by atoms with van der Waals surface area (Å²) in [5, 5.41) is 13.7. The molecule has 11 nitrogen and oxygen atoms in total. The number of benzene rings is 2. The van der Waals surface area contributed by atoms with Crippen LogP contribution < -0.4 is 10.1 Å². The van der Waals surface area contributed by atoms with E-state index in [2.05, 4.69) is 5.32 Å². The lowest BCUT2D eigenvalue weighted by atomic mass is 9.95. The number of amides is 1. The van der Waals surface area contributed by atoms with Crippen molar-refractivity contribution in [3.8, 4) is 5.75 Å². The van der Waals surface area contributed by atoms with E-state index in [1.54, 1.807) is 0 Å². The normalized spacial score (nSPS) is 28.3. The first-order valence-corrected chi connectivity index (χ1v) is 10.6. The minimum absolute atomic E-state index is 0.103. The molecule has 180 valence electrons. The number of carbonyl (C=O) groups excluding carboxylic acids is 2. The maximum atomic E-state index is 12.0. The van der Waals surface area contributed by atoms with Crippen LogP contribution in [-0.2, 0) is 28.5 Å². The molecule has 0 aromatic heterocycles. The quantitative estimate of drug-likeness (QED) is 0.381. The van der Waals surface area contributed by atoms with E-state index in [1.807, 2.05) is 30.3 Å². The van der Waals surface area contributed by atoms with Crippen LogP contribution in [0.5, 0.6) is 5.75 Å². The molecule has 0 saturated carbocycles.